The van der Waals surface area contributed by atoms with Gasteiger partial charge in [-0.15, -0.1) is 0 Å². The summed E-state index contributed by atoms with van der Waals surface area (Å²) in [5, 5.41) is 0. The first kappa shape index (κ1) is 13.8. The lowest BCUT2D eigenvalue weighted by Crippen LogP contribution is -2.30. The SMILES string of the molecule is NCCCN(CCC(F)(F)F)c1ccccc1. The van der Waals surface area contributed by atoms with E-state index in [1.807, 2.05) is 30.3 Å². The number of halogens is 3. The lowest BCUT2D eigenvalue weighted by Gasteiger charge is -2.25. The van der Waals surface area contributed by atoms with Gasteiger partial charge in [-0.05, 0) is 25.1 Å². The summed E-state index contributed by atoms with van der Waals surface area (Å²) in [6, 6.07) is 9.10. The molecule has 0 unspecified atom stereocenters. The Morgan fingerprint density at radius 3 is 2.24 bits per heavy atom. The summed E-state index contributed by atoms with van der Waals surface area (Å²) in [6.07, 6.45) is -4.23. The highest BCUT2D eigenvalue weighted by Gasteiger charge is 2.27. The van der Waals surface area contributed by atoms with E-state index in [2.05, 4.69) is 0 Å². The van der Waals surface area contributed by atoms with Crippen LogP contribution < -0.4 is 10.6 Å². The van der Waals surface area contributed by atoms with Gasteiger partial charge >= 0.3 is 6.18 Å². The lowest BCUT2D eigenvalue weighted by atomic mass is 10.2. The van der Waals surface area contributed by atoms with Crippen LogP contribution in [0.25, 0.3) is 0 Å². The summed E-state index contributed by atoms with van der Waals surface area (Å²) < 4.78 is 36.6. The first-order valence-electron chi connectivity index (χ1n) is 5.60. The molecule has 2 nitrogen and oxygen atoms in total. The predicted molar refractivity (Wildman–Crippen MR) is 63.0 cm³/mol. The average Bonchev–Trinajstić information content (AvgIpc) is 2.29. The Morgan fingerprint density at radius 1 is 1.06 bits per heavy atom. The van der Waals surface area contributed by atoms with Crippen molar-refractivity contribution in [3.63, 3.8) is 0 Å². The van der Waals surface area contributed by atoms with Gasteiger partial charge in [-0.3, -0.25) is 0 Å². The molecule has 0 spiro atoms. The normalized spacial score (nSPS) is 11.5. The summed E-state index contributed by atoms with van der Waals surface area (Å²) >= 11 is 0. The molecule has 0 heterocycles. The van der Waals surface area contributed by atoms with E-state index in [1.165, 1.54) is 0 Å². The molecule has 1 rings (SSSR count). The van der Waals surface area contributed by atoms with Crippen LogP contribution in [0, 0.1) is 0 Å². The first-order chi connectivity index (χ1) is 8.03. The van der Waals surface area contributed by atoms with Gasteiger partial charge in [-0.25, -0.2) is 0 Å². The number of benzene rings is 1. The Labute approximate surface area is 99.2 Å². The molecular weight excluding hydrogens is 229 g/mol. The minimum absolute atomic E-state index is 0.0203. The van der Waals surface area contributed by atoms with E-state index in [-0.39, 0.29) is 6.54 Å². The van der Waals surface area contributed by atoms with Gasteiger partial charge in [-0.2, -0.15) is 13.2 Å². The van der Waals surface area contributed by atoms with E-state index in [4.69, 9.17) is 5.73 Å². The third-order valence-corrected chi connectivity index (χ3v) is 2.42. The largest absolute Gasteiger partial charge is 0.390 e. The molecular formula is C12H17F3N2. The van der Waals surface area contributed by atoms with Gasteiger partial charge in [0.1, 0.15) is 0 Å². The zero-order chi connectivity index (χ0) is 12.7. The Morgan fingerprint density at radius 2 is 1.71 bits per heavy atom. The number of alkyl halides is 3. The molecule has 0 bridgehead atoms. The number of hydrogen-bond donors (Lipinski definition) is 1. The van der Waals surface area contributed by atoms with Gasteiger partial charge in [0.15, 0.2) is 0 Å². The van der Waals surface area contributed by atoms with Crippen LogP contribution in [-0.4, -0.2) is 25.8 Å². The van der Waals surface area contributed by atoms with Gasteiger partial charge < -0.3 is 10.6 Å². The summed E-state index contributed by atoms with van der Waals surface area (Å²) in [5.41, 5.74) is 6.20. The molecule has 0 aliphatic carbocycles. The third-order valence-electron chi connectivity index (χ3n) is 2.42. The number of para-hydroxylation sites is 1. The van der Waals surface area contributed by atoms with Crippen molar-refractivity contribution in [2.24, 2.45) is 5.73 Å². The minimum Gasteiger partial charge on any atom is -0.371 e. The molecule has 96 valence electrons. The molecule has 5 heteroatoms. The summed E-state index contributed by atoms with van der Waals surface area (Å²) in [6.45, 7) is 1.01. The van der Waals surface area contributed by atoms with Crippen molar-refractivity contribution in [1.82, 2.24) is 0 Å². The molecule has 0 aliphatic heterocycles. The molecule has 17 heavy (non-hydrogen) atoms. The molecule has 0 fully saturated rings. The minimum atomic E-state index is -4.12. The number of hydrogen-bond acceptors (Lipinski definition) is 2. The van der Waals surface area contributed by atoms with Crippen LogP contribution in [0.5, 0.6) is 0 Å². The number of nitrogens with two attached hydrogens (primary N) is 1. The fourth-order valence-corrected chi connectivity index (χ4v) is 1.55. The maximum absolute atomic E-state index is 12.2. The first-order valence-corrected chi connectivity index (χ1v) is 5.60. The van der Waals surface area contributed by atoms with Crippen molar-refractivity contribution in [2.45, 2.75) is 19.0 Å². The van der Waals surface area contributed by atoms with E-state index in [1.54, 1.807) is 4.90 Å². The average molecular weight is 246 g/mol. The van der Waals surface area contributed by atoms with E-state index < -0.39 is 12.6 Å². The van der Waals surface area contributed by atoms with Crippen LogP contribution in [-0.2, 0) is 0 Å². The van der Waals surface area contributed by atoms with Gasteiger partial charge in [0.05, 0.1) is 6.42 Å². The van der Waals surface area contributed by atoms with Crippen molar-refractivity contribution in [2.75, 3.05) is 24.5 Å². The summed E-state index contributed by atoms with van der Waals surface area (Å²) in [7, 11) is 0. The zero-order valence-corrected chi connectivity index (χ0v) is 9.58. The van der Waals surface area contributed by atoms with E-state index in [9.17, 15) is 13.2 Å². The third kappa shape index (κ3) is 5.58. The molecule has 0 amide bonds. The monoisotopic (exact) mass is 246 g/mol. The predicted octanol–water partition coefficient (Wildman–Crippen LogP) is 2.79. The topological polar surface area (TPSA) is 29.3 Å². The molecule has 2 N–H and O–H groups in total. The highest BCUT2D eigenvalue weighted by atomic mass is 19.4. The van der Waals surface area contributed by atoms with Gasteiger partial charge in [0, 0.05) is 18.8 Å². The molecule has 0 atom stereocenters. The second-order valence-corrected chi connectivity index (χ2v) is 3.83. The van der Waals surface area contributed by atoms with Crippen LogP contribution in [0.2, 0.25) is 0 Å². The Balaban J connectivity index is 2.61. The van der Waals surface area contributed by atoms with E-state index in [0.29, 0.717) is 19.5 Å². The van der Waals surface area contributed by atoms with Crippen molar-refractivity contribution in [3.05, 3.63) is 30.3 Å². The summed E-state index contributed by atoms with van der Waals surface area (Å²) in [4.78, 5) is 1.72. The Bertz CT molecular complexity index is 311. The smallest absolute Gasteiger partial charge is 0.371 e. The zero-order valence-electron chi connectivity index (χ0n) is 9.58. The Kier molecular flexibility index (Phi) is 5.28. The molecule has 0 saturated heterocycles. The fourth-order valence-electron chi connectivity index (χ4n) is 1.55. The van der Waals surface area contributed by atoms with Crippen LogP contribution >= 0.6 is 0 Å². The number of nitrogens with zero attached hydrogens (tertiary/aromatic N) is 1. The summed E-state index contributed by atoms with van der Waals surface area (Å²) in [5.74, 6) is 0. The van der Waals surface area contributed by atoms with Gasteiger partial charge in [-0.1, -0.05) is 18.2 Å². The quantitative estimate of drug-likeness (QED) is 0.836. The van der Waals surface area contributed by atoms with Crippen molar-refractivity contribution >= 4 is 5.69 Å². The molecule has 0 saturated carbocycles. The van der Waals surface area contributed by atoms with Crippen molar-refractivity contribution in [3.8, 4) is 0 Å². The van der Waals surface area contributed by atoms with Crippen LogP contribution in [0.15, 0.2) is 30.3 Å². The van der Waals surface area contributed by atoms with Gasteiger partial charge in [0.25, 0.3) is 0 Å². The molecule has 1 aromatic carbocycles. The maximum atomic E-state index is 12.2. The number of rotatable bonds is 6. The molecule has 0 radical (unpaired) electrons. The molecule has 0 aromatic heterocycles. The van der Waals surface area contributed by atoms with Crippen molar-refractivity contribution in [1.29, 1.82) is 0 Å². The maximum Gasteiger partial charge on any atom is 0.390 e. The fraction of sp³-hybridized carbons (Fsp3) is 0.500. The van der Waals surface area contributed by atoms with E-state index in [0.717, 1.165) is 5.69 Å². The van der Waals surface area contributed by atoms with E-state index >= 15 is 0 Å². The highest BCUT2D eigenvalue weighted by Crippen LogP contribution is 2.22. The second-order valence-electron chi connectivity index (χ2n) is 3.83. The Hall–Kier alpha value is -1.23. The standard InChI is InChI=1S/C12H17F3N2/c13-12(14,15)7-10-17(9-4-8-16)11-5-2-1-3-6-11/h1-3,5-6H,4,7-10,16H2. The molecule has 0 aliphatic rings. The van der Waals surface area contributed by atoms with Crippen LogP contribution in [0.4, 0.5) is 18.9 Å². The lowest BCUT2D eigenvalue weighted by molar-refractivity contribution is -0.132. The van der Waals surface area contributed by atoms with Crippen molar-refractivity contribution < 1.29 is 13.2 Å². The molecule has 1 aromatic rings. The van der Waals surface area contributed by atoms with Crippen LogP contribution in [0.1, 0.15) is 12.8 Å². The van der Waals surface area contributed by atoms with Crippen LogP contribution in [0.3, 0.4) is 0 Å². The number of anilines is 1. The second kappa shape index (κ2) is 6.49. The van der Waals surface area contributed by atoms with Gasteiger partial charge in [0.2, 0.25) is 0 Å². The highest BCUT2D eigenvalue weighted by molar-refractivity contribution is 5.45.